The van der Waals surface area contributed by atoms with Crippen LogP contribution in [0.2, 0.25) is 5.02 Å². The molecule has 0 bridgehead atoms. The quantitative estimate of drug-likeness (QED) is 0.491. The molecular weight excluding hydrogens is 520 g/mol. The minimum atomic E-state index is -1.13. The van der Waals surface area contributed by atoms with Crippen LogP contribution in [0.4, 0.5) is 0 Å². The van der Waals surface area contributed by atoms with Crippen LogP contribution in [-0.4, -0.2) is 46.9 Å². The summed E-state index contributed by atoms with van der Waals surface area (Å²) in [6.45, 7) is 9.25. The van der Waals surface area contributed by atoms with Crippen molar-refractivity contribution in [1.82, 2.24) is 10.2 Å². The highest BCUT2D eigenvalue weighted by Crippen LogP contribution is 2.42. The zero-order valence-electron chi connectivity index (χ0n) is 19.8. The molecule has 6 nitrogen and oxygen atoms in total. The van der Waals surface area contributed by atoms with Crippen LogP contribution in [0.25, 0.3) is 0 Å². The zero-order valence-corrected chi connectivity index (χ0v) is 22.1. The van der Waals surface area contributed by atoms with Crippen molar-refractivity contribution in [3.8, 4) is 0 Å². The van der Waals surface area contributed by atoms with Gasteiger partial charge in [0.15, 0.2) is 0 Å². The number of carboxylic acid groups (broad SMARTS) is 1. The molecule has 0 aliphatic carbocycles. The first-order valence-electron chi connectivity index (χ1n) is 11.3. The zero-order chi connectivity index (χ0) is 25.2. The van der Waals surface area contributed by atoms with Crippen molar-refractivity contribution >= 4 is 45.3 Å². The largest absolute Gasteiger partial charge is 0.478 e. The molecule has 2 amide bonds. The Bertz CT molecular complexity index is 1080. The highest BCUT2D eigenvalue weighted by molar-refractivity contribution is 9.10. The first-order chi connectivity index (χ1) is 15.9. The maximum absolute atomic E-state index is 13.5. The summed E-state index contributed by atoms with van der Waals surface area (Å²) in [4.78, 5) is 39.7. The van der Waals surface area contributed by atoms with Gasteiger partial charge in [0.05, 0.1) is 5.56 Å². The number of carboxylic acids is 1. The minimum Gasteiger partial charge on any atom is -0.478 e. The molecule has 1 fully saturated rings. The third kappa shape index (κ3) is 5.99. The molecule has 1 aliphatic rings. The number of hydrogen-bond donors (Lipinski definition) is 2. The Hall–Kier alpha value is -2.38. The van der Waals surface area contributed by atoms with Gasteiger partial charge in [0.2, 0.25) is 5.91 Å². The average Bonchev–Trinajstić information content (AvgIpc) is 2.76. The van der Waals surface area contributed by atoms with E-state index in [4.69, 9.17) is 11.6 Å². The molecule has 1 unspecified atom stereocenters. The fourth-order valence-corrected chi connectivity index (χ4v) is 5.26. The van der Waals surface area contributed by atoms with Crippen molar-refractivity contribution in [3.63, 3.8) is 0 Å². The molecule has 34 heavy (non-hydrogen) atoms. The number of halogens is 2. The van der Waals surface area contributed by atoms with Crippen LogP contribution < -0.4 is 5.32 Å². The molecule has 8 heteroatoms. The third-order valence-corrected chi connectivity index (χ3v) is 7.15. The number of likely N-dealkylation sites (tertiary alicyclic amines) is 1. The van der Waals surface area contributed by atoms with Gasteiger partial charge in [-0.15, -0.1) is 0 Å². The van der Waals surface area contributed by atoms with Gasteiger partial charge >= 0.3 is 5.97 Å². The van der Waals surface area contributed by atoms with E-state index in [-0.39, 0.29) is 34.3 Å². The molecule has 2 atom stereocenters. The van der Waals surface area contributed by atoms with Gasteiger partial charge in [-0.1, -0.05) is 67.4 Å². The number of benzene rings is 2. The number of rotatable bonds is 6. The molecule has 2 aromatic carbocycles. The van der Waals surface area contributed by atoms with Crippen LogP contribution in [0.1, 0.15) is 66.3 Å². The lowest BCUT2D eigenvalue weighted by Crippen LogP contribution is -2.55. The van der Waals surface area contributed by atoms with E-state index in [0.717, 1.165) is 6.42 Å². The molecule has 182 valence electrons. The lowest BCUT2D eigenvalue weighted by Gasteiger charge is -2.45. The second kappa shape index (κ2) is 10.5. The lowest BCUT2D eigenvalue weighted by molar-refractivity contribution is -0.137. The third-order valence-electron chi connectivity index (χ3n) is 6.44. The Balaban J connectivity index is 1.76. The highest BCUT2D eigenvalue weighted by atomic mass is 79.9. The molecule has 1 heterocycles. The predicted octanol–water partition coefficient (Wildman–Crippen LogP) is 5.60. The maximum atomic E-state index is 13.5. The standard InChI is InChI=1S/C26H30BrClN2O4/c1-15(2)22(29-23(31)17-11-18(25(33)34)13-19(27)12-17)24(32)30-10-9-21(26(3,4)14-30)16-5-7-20(28)8-6-16/h5-8,11-13,15,21-22H,9-10,14H2,1-4H3,(H,29,31)(H,33,34)/t21?,22-/m1/s1. The topological polar surface area (TPSA) is 86.7 Å². The molecule has 0 saturated carbocycles. The summed E-state index contributed by atoms with van der Waals surface area (Å²) < 4.78 is 0.482. The monoisotopic (exact) mass is 548 g/mol. The van der Waals surface area contributed by atoms with Crippen molar-refractivity contribution in [3.05, 3.63) is 68.7 Å². The van der Waals surface area contributed by atoms with Crippen LogP contribution >= 0.6 is 27.5 Å². The molecule has 1 saturated heterocycles. The minimum absolute atomic E-state index is 0.00188. The maximum Gasteiger partial charge on any atom is 0.335 e. The van der Waals surface area contributed by atoms with Gasteiger partial charge in [-0.25, -0.2) is 4.79 Å². The number of hydrogen-bond acceptors (Lipinski definition) is 3. The van der Waals surface area contributed by atoms with E-state index in [2.05, 4.69) is 35.1 Å². The molecule has 2 aromatic rings. The Morgan fingerprint density at radius 1 is 1.12 bits per heavy atom. The van der Waals surface area contributed by atoms with Crippen LogP contribution in [0, 0.1) is 11.3 Å². The van der Waals surface area contributed by atoms with Crippen molar-refractivity contribution in [1.29, 1.82) is 0 Å². The van der Waals surface area contributed by atoms with Crippen LogP contribution in [0.3, 0.4) is 0 Å². The van der Waals surface area contributed by atoms with Crippen molar-refractivity contribution in [2.45, 2.75) is 46.1 Å². The van der Waals surface area contributed by atoms with Crippen molar-refractivity contribution in [2.75, 3.05) is 13.1 Å². The van der Waals surface area contributed by atoms with Gasteiger partial charge in [0.25, 0.3) is 5.91 Å². The Kier molecular flexibility index (Phi) is 8.09. The molecule has 0 radical (unpaired) electrons. The molecular formula is C26H30BrClN2O4. The van der Waals surface area contributed by atoms with Crippen molar-refractivity contribution < 1.29 is 19.5 Å². The summed E-state index contributed by atoms with van der Waals surface area (Å²) in [6, 6.07) is 11.5. The fraction of sp³-hybridized carbons (Fsp3) is 0.423. The number of amides is 2. The van der Waals surface area contributed by atoms with E-state index in [0.29, 0.717) is 22.6 Å². The fourth-order valence-electron chi connectivity index (χ4n) is 4.64. The van der Waals surface area contributed by atoms with Gasteiger partial charge in [-0.2, -0.15) is 0 Å². The predicted molar refractivity (Wildman–Crippen MR) is 136 cm³/mol. The number of carbonyl (C=O) groups excluding carboxylic acids is 2. The number of nitrogens with zero attached hydrogens (tertiary/aromatic N) is 1. The van der Waals surface area contributed by atoms with E-state index >= 15 is 0 Å². The normalized spacial score (nSPS) is 18.4. The number of aromatic carboxylic acids is 1. The van der Waals surface area contributed by atoms with Crippen LogP contribution in [-0.2, 0) is 4.79 Å². The Morgan fingerprint density at radius 3 is 2.29 bits per heavy atom. The first-order valence-corrected chi connectivity index (χ1v) is 12.4. The van der Waals surface area contributed by atoms with Crippen LogP contribution in [0.15, 0.2) is 46.9 Å². The summed E-state index contributed by atoms with van der Waals surface area (Å²) in [5.41, 5.74) is 1.23. The Labute approximate surface area is 213 Å². The van der Waals surface area contributed by atoms with E-state index in [9.17, 15) is 19.5 Å². The van der Waals surface area contributed by atoms with Gasteiger partial charge in [-0.05, 0) is 59.6 Å². The van der Waals surface area contributed by atoms with E-state index in [1.165, 1.54) is 17.7 Å². The summed E-state index contributed by atoms with van der Waals surface area (Å²) >= 11 is 9.30. The number of piperidine rings is 1. The van der Waals surface area contributed by atoms with Gasteiger partial charge in [-0.3, -0.25) is 9.59 Å². The summed E-state index contributed by atoms with van der Waals surface area (Å²) in [6.07, 6.45) is 0.812. The number of carbonyl (C=O) groups is 3. The van der Waals surface area contributed by atoms with Crippen molar-refractivity contribution in [2.24, 2.45) is 11.3 Å². The van der Waals surface area contributed by atoms with Gasteiger partial charge < -0.3 is 15.3 Å². The Morgan fingerprint density at radius 2 is 1.74 bits per heavy atom. The molecule has 0 spiro atoms. The molecule has 3 rings (SSSR count). The summed E-state index contributed by atoms with van der Waals surface area (Å²) in [5.74, 6) is -1.58. The van der Waals surface area contributed by atoms with E-state index in [1.54, 1.807) is 6.07 Å². The molecule has 2 N–H and O–H groups in total. The lowest BCUT2D eigenvalue weighted by atomic mass is 9.70. The second-order valence-corrected chi connectivity index (χ2v) is 11.2. The van der Waals surface area contributed by atoms with Gasteiger partial charge in [0, 0.05) is 28.1 Å². The smallest absolute Gasteiger partial charge is 0.335 e. The number of nitrogens with one attached hydrogen (secondary N) is 1. The van der Waals surface area contributed by atoms with Gasteiger partial charge in [0.1, 0.15) is 6.04 Å². The molecule has 1 aliphatic heterocycles. The summed E-state index contributed by atoms with van der Waals surface area (Å²) in [5, 5.41) is 12.8. The first kappa shape index (κ1) is 26.2. The highest BCUT2D eigenvalue weighted by Gasteiger charge is 2.40. The summed E-state index contributed by atoms with van der Waals surface area (Å²) in [7, 11) is 0. The SMILES string of the molecule is CC(C)[C@@H](NC(=O)c1cc(Br)cc(C(=O)O)c1)C(=O)N1CCC(c2ccc(Cl)cc2)C(C)(C)C1. The van der Waals surface area contributed by atoms with E-state index in [1.807, 2.05) is 43.0 Å². The average molecular weight is 550 g/mol. The second-order valence-electron chi connectivity index (χ2n) is 9.87. The van der Waals surface area contributed by atoms with E-state index < -0.39 is 17.9 Å². The molecule has 0 aromatic heterocycles. The van der Waals surface area contributed by atoms with Crippen LogP contribution in [0.5, 0.6) is 0 Å².